The second-order valence-electron chi connectivity index (χ2n) is 6.69. The lowest BCUT2D eigenvalue weighted by molar-refractivity contribution is -0.115. The summed E-state index contributed by atoms with van der Waals surface area (Å²) in [6, 6.07) is 12.3. The normalized spacial score (nSPS) is 15.5. The van der Waals surface area contributed by atoms with Crippen molar-refractivity contribution in [2.45, 2.75) is 25.2 Å². The Kier molecular flexibility index (Phi) is 5.94. The molecule has 1 aliphatic heterocycles. The van der Waals surface area contributed by atoms with E-state index in [4.69, 9.17) is 4.74 Å². The molecular weight excluding hydrogens is 364 g/mol. The van der Waals surface area contributed by atoms with Crippen LogP contribution in [-0.4, -0.2) is 44.9 Å². The summed E-state index contributed by atoms with van der Waals surface area (Å²) in [6.45, 7) is 5.50. The first-order chi connectivity index (χ1) is 12.9. The molecule has 1 fully saturated rings. The quantitative estimate of drug-likeness (QED) is 0.854. The maximum absolute atomic E-state index is 12.7. The molecule has 1 N–H and O–H groups in total. The molecule has 0 radical (unpaired) electrons. The Morgan fingerprint density at radius 2 is 1.81 bits per heavy atom. The van der Waals surface area contributed by atoms with Crippen LogP contribution < -0.4 is 5.32 Å². The molecular formula is C20H24N2O4S. The van der Waals surface area contributed by atoms with Gasteiger partial charge in [-0.1, -0.05) is 24.3 Å². The van der Waals surface area contributed by atoms with E-state index in [9.17, 15) is 13.2 Å². The molecule has 3 rings (SSSR count). The highest BCUT2D eigenvalue weighted by atomic mass is 32.2. The van der Waals surface area contributed by atoms with E-state index >= 15 is 0 Å². The van der Waals surface area contributed by atoms with E-state index in [1.165, 1.54) is 15.9 Å². The Labute approximate surface area is 160 Å². The van der Waals surface area contributed by atoms with Crippen LogP contribution in [0.25, 0.3) is 0 Å². The average Bonchev–Trinajstić information content (AvgIpc) is 2.65. The number of sulfonamides is 1. The van der Waals surface area contributed by atoms with Gasteiger partial charge in [-0.05, 0) is 48.7 Å². The molecule has 0 bridgehead atoms. The lowest BCUT2D eigenvalue weighted by Gasteiger charge is -2.26. The number of carbonyl (C=O) groups excluding carboxylic acids is 1. The molecule has 2 aromatic carbocycles. The van der Waals surface area contributed by atoms with Crippen molar-refractivity contribution < 1.29 is 17.9 Å². The minimum atomic E-state index is -3.59. The number of amides is 1. The van der Waals surface area contributed by atoms with Crippen molar-refractivity contribution in [3.05, 3.63) is 59.2 Å². The fraction of sp³-hybridized carbons (Fsp3) is 0.350. The monoisotopic (exact) mass is 388 g/mol. The molecule has 0 atom stereocenters. The van der Waals surface area contributed by atoms with E-state index in [1.807, 2.05) is 32.0 Å². The van der Waals surface area contributed by atoms with Gasteiger partial charge < -0.3 is 10.1 Å². The van der Waals surface area contributed by atoms with Gasteiger partial charge in [-0.15, -0.1) is 0 Å². The second kappa shape index (κ2) is 8.21. The molecule has 6 nitrogen and oxygen atoms in total. The molecule has 0 saturated carbocycles. The molecule has 1 heterocycles. The SMILES string of the molecule is Cc1ccc(CC(=O)Nc2cccc(S(=O)(=O)N3CCOCC3)c2)cc1C. The molecule has 2 aromatic rings. The lowest BCUT2D eigenvalue weighted by atomic mass is 10.0. The molecule has 7 heteroatoms. The van der Waals surface area contributed by atoms with Crippen LogP contribution in [0.4, 0.5) is 5.69 Å². The number of nitrogens with zero attached hydrogens (tertiary/aromatic N) is 1. The molecule has 1 amide bonds. The van der Waals surface area contributed by atoms with E-state index in [0.29, 0.717) is 32.0 Å². The van der Waals surface area contributed by atoms with E-state index in [-0.39, 0.29) is 17.2 Å². The van der Waals surface area contributed by atoms with Crippen LogP contribution in [-0.2, 0) is 26.0 Å². The average molecular weight is 388 g/mol. The number of carbonyl (C=O) groups is 1. The van der Waals surface area contributed by atoms with Crippen LogP contribution in [0.15, 0.2) is 47.4 Å². The van der Waals surface area contributed by atoms with Gasteiger partial charge in [0, 0.05) is 18.8 Å². The molecule has 0 aromatic heterocycles. The van der Waals surface area contributed by atoms with Crippen molar-refractivity contribution in [3.8, 4) is 0 Å². The summed E-state index contributed by atoms with van der Waals surface area (Å²) in [5.74, 6) is -0.181. The van der Waals surface area contributed by atoms with Gasteiger partial charge in [0.2, 0.25) is 15.9 Å². The van der Waals surface area contributed by atoms with Crippen molar-refractivity contribution in [2.24, 2.45) is 0 Å². The number of aryl methyl sites for hydroxylation is 2. The molecule has 0 spiro atoms. The van der Waals surface area contributed by atoms with Crippen LogP contribution in [0.3, 0.4) is 0 Å². The van der Waals surface area contributed by atoms with Crippen molar-refractivity contribution in [3.63, 3.8) is 0 Å². The first-order valence-electron chi connectivity index (χ1n) is 8.90. The van der Waals surface area contributed by atoms with Gasteiger partial charge in [-0.25, -0.2) is 8.42 Å². The Bertz CT molecular complexity index is 935. The largest absolute Gasteiger partial charge is 0.379 e. The smallest absolute Gasteiger partial charge is 0.243 e. The van der Waals surface area contributed by atoms with Crippen LogP contribution >= 0.6 is 0 Å². The third-order valence-electron chi connectivity index (χ3n) is 4.66. The molecule has 0 aliphatic carbocycles. The summed E-state index contributed by atoms with van der Waals surface area (Å²) in [5, 5.41) is 2.79. The summed E-state index contributed by atoms with van der Waals surface area (Å²) in [7, 11) is -3.59. The standard InChI is InChI=1S/C20H24N2O4S/c1-15-6-7-17(12-16(15)2)13-20(23)21-18-4-3-5-19(14-18)27(24,25)22-8-10-26-11-9-22/h3-7,12,14H,8-11,13H2,1-2H3,(H,21,23). The molecule has 1 saturated heterocycles. The van der Waals surface area contributed by atoms with E-state index in [1.54, 1.807) is 18.2 Å². The zero-order valence-electron chi connectivity index (χ0n) is 15.6. The van der Waals surface area contributed by atoms with Crippen molar-refractivity contribution in [1.29, 1.82) is 0 Å². The number of nitrogens with one attached hydrogen (secondary N) is 1. The minimum Gasteiger partial charge on any atom is -0.379 e. The maximum Gasteiger partial charge on any atom is 0.243 e. The van der Waals surface area contributed by atoms with E-state index in [2.05, 4.69) is 5.32 Å². The van der Waals surface area contributed by atoms with Gasteiger partial charge in [0.15, 0.2) is 0 Å². The number of rotatable bonds is 5. The predicted molar refractivity (Wildman–Crippen MR) is 104 cm³/mol. The Balaban J connectivity index is 1.71. The third-order valence-corrected chi connectivity index (χ3v) is 6.56. The summed E-state index contributed by atoms with van der Waals surface area (Å²) in [4.78, 5) is 12.5. The highest BCUT2D eigenvalue weighted by Crippen LogP contribution is 2.21. The minimum absolute atomic E-state index is 0.174. The fourth-order valence-corrected chi connectivity index (χ4v) is 4.43. The van der Waals surface area contributed by atoms with Crippen LogP contribution in [0.1, 0.15) is 16.7 Å². The summed E-state index contributed by atoms with van der Waals surface area (Å²) in [6.07, 6.45) is 0.238. The highest BCUT2D eigenvalue weighted by molar-refractivity contribution is 7.89. The van der Waals surface area contributed by atoms with Gasteiger partial charge in [-0.3, -0.25) is 4.79 Å². The first-order valence-corrected chi connectivity index (χ1v) is 10.3. The van der Waals surface area contributed by atoms with Gasteiger partial charge in [0.05, 0.1) is 24.5 Å². The topological polar surface area (TPSA) is 75.7 Å². The highest BCUT2D eigenvalue weighted by Gasteiger charge is 2.26. The second-order valence-corrected chi connectivity index (χ2v) is 8.63. The maximum atomic E-state index is 12.7. The van der Waals surface area contributed by atoms with E-state index < -0.39 is 10.0 Å². The molecule has 0 unspecified atom stereocenters. The third kappa shape index (κ3) is 4.74. The molecule has 27 heavy (non-hydrogen) atoms. The fourth-order valence-electron chi connectivity index (χ4n) is 2.97. The van der Waals surface area contributed by atoms with Gasteiger partial charge in [0.25, 0.3) is 0 Å². The Morgan fingerprint density at radius 1 is 1.07 bits per heavy atom. The van der Waals surface area contributed by atoms with Crippen LogP contribution in [0.2, 0.25) is 0 Å². The summed E-state index contributed by atoms with van der Waals surface area (Å²) in [5.41, 5.74) is 3.71. The van der Waals surface area contributed by atoms with Crippen molar-refractivity contribution in [1.82, 2.24) is 4.31 Å². The van der Waals surface area contributed by atoms with Crippen molar-refractivity contribution in [2.75, 3.05) is 31.6 Å². The number of ether oxygens (including phenoxy) is 1. The Hall–Kier alpha value is -2.22. The summed E-state index contributed by atoms with van der Waals surface area (Å²) >= 11 is 0. The summed E-state index contributed by atoms with van der Waals surface area (Å²) < 4.78 is 32.1. The Morgan fingerprint density at radius 3 is 2.52 bits per heavy atom. The number of anilines is 1. The number of benzene rings is 2. The van der Waals surface area contributed by atoms with Crippen LogP contribution in [0, 0.1) is 13.8 Å². The van der Waals surface area contributed by atoms with E-state index in [0.717, 1.165) is 11.1 Å². The molecule has 1 aliphatic rings. The predicted octanol–water partition coefficient (Wildman–Crippen LogP) is 2.51. The number of morpholine rings is 1. The zero-order valence-corrected chi connectivity index (χ0v) is 16.4. The van der Waals surface area contributed by atoms with Crippen LogP contribution in [0.5, 0.6) is 0 Å². The van der Waals surface area contributed by atoms with Gasteiger partial charge in [0.1, 0.15) is 0 Å². The van der Waals surface area contributed by atoms with Gasteiger partial charge >= 0.3 is 0 Å². The number of hydrogen-bond acceptors (Lipinski definition) is 4. The first kappa shape index (κ1) is 19.5. The number of hydrogen-bond donors (Lipinski definition) is 1. The molecule has 144 valence electrons. The zero-order chi connectivity index (χ0) is 19.4. The van der Waals surface area contributed by atoms with Gasteiger partial charge in [-0.2, -0.15) is 4.31 Å². The van der Waals surface area contributed by atoms with Crippen molar-refractivity contribution >= 4 is 21.6 Å². The lowest BCUT2D eigenvalue weighted by Crippen LogP contribution is -2.40.